The number of ether oxygens (including phenoxy) is 1. The highest BCUT2D eigenvalue weighted by Crippen LogP contribution is 2.33. The molecule has 0 amide bonds. The summed E-state index contributed by atoms with van der Waals surface area (Å²) in [6.45, 7) is -0.424. The largest absolute Gasteiger partial charge is 0.447 e. The van der Waals surface area contributed by atoms with Crippen LogP contribution in [-0.4, -0.2) is 17.5 Å². The number of halogens is 1. The van der Waals surface area contributed by atoms with Crippen LogP contribution in [0.15, 0.2) is 52.3 Å². The summed E-state index contributed by atoms with van der Waals surface area (Å²) in [5.41, 5.74) is -0.191. The number of carbonyl (C=O) groups is 1. The molecule has 2 rings (SSSR count). The number of carbonyl (C=O) groups excluding carboxylic acids is 1. The van der Waals surface area contributed by atoms with Crippen molar-refractivity contribution in [2.45, 2.75) is 9.79 Å². The lowest BCUT2D eigenvalue weighted by Crippen LogP contribution is -2.07. The van der Waals surface area contributed by atoms with Crippen molar-refractivity contribution in [3.8, 4) is 6.07 Å². The minimum Gasteiger partial charge on any atom is -0.447 e. The van der Waals surface area contributed by atoms with E-state index in [2.05, 4.69) is 0 Å². The molecule has 0 N–H and O–H groups in total. The highest BCUT2D eigenvalue weighted by molar-refractivity contribution is 7.99. The van der Waals surface area contributed by atoms with Crippen molar-refractivity contribution in [3.05, 3.63) is 63.2 Å². The van der Waals surface area contributed by atoms with E-state index >= 15 is 0 Å². The molecule has 0 aliphatic heterocycles. The van der Waals surface area contributed by atoms with Crippen molar-refractivity contribution in [1.82, 2.24) is 0 Å². The number of benzene rings is 2. The van der Waals surface area contributed by atoms with E-state index in [1.807, 2.05) is 0 Å². The number of hydrogen-bond donors (Lipinski definition) is 0. The van der Waals surface area contributed by atoms with E-state index in [4.69, 9.17) is 21.6 Å². The molecule has 0 spiro atoms. The van der Waals surface area contributed by atoms with Gasteiger partial charge in [-0.3, -0.25) is 10.1 Å². The molecule has 23 heavy (non-hydrogen) atoms. The number of esters is 1. The predicted octanol–water partition coefficient (Wildman–Crippen LogP) is 4.08. The Hall–Kier alpha value is -2.56. The molecule has 0 aliphatic rings. The third kappa shape index (κ3) is 4.45. The first-order chi connectivity index (χ1) is 11.0. The van der Waals surface area contributed by atoms with Gasteiger partial charge in [0.1, 0.15) is 6.07 Å². The lowest BCUT2D eigenvalue weighted by Gasteiger charge is -2.08. The smallest absolute Gasteiger partial charge is 0.340 e. The second-order valence-corrected chi connectivity index (χ2v) is 5.78. The fraction of sp³-hybridized carbons (Fsp3) is 0.0667. The van der Waals surface area contributed by atoms with Gasteiger partial charge in [0.05, 0.1) is 10.5 Å². The Kier molecular flexibility index (Phi) is 5.57. The predicted molar refractivity (Wildman–Crippen MR) is 84.6 cm³/mol. The standard InChI is InChI=1S/C15H9ClN2O4S/c16-10-1-4-12(5-2-10)23-14-6-3-11(18(20)21)9-13(14)15(19)22-8-7-17/h1-6,9H,8H2. The molecule has 0 fully saturated rings. The molecule has 0 aromatic heterocycles. The maximum atomic E-state index is 12.0. The minimum atomic E-state index is -0.785. The highest BCUT2D eigenvalue weighted by atomic mass is 35.5. The van der Waals surface area contributed by atoms with Crippen molar-refractivity contribution >= 4 is 35.0 Å². The number of hydrogen-bond acceptors (Lipinski definition) is 6. The van der Waals surface area contributed by atoms with Gasteiger partial charge in [0.25, 0.3) is 5.69 Å². The molecule has 0 bridgehead atoms. The maximum absolute atomic E-state index is 12.0. The van der Waals surface area contributed by atoms with Crippen LogP contribution in [0.4, 0.5) is 5.69 Å². The van der Waals surface area contributed by atoms with E-state index in [0.29, 0.717) is 9.92 Å². The number of non-ortho nitro benzene ring substituents is 1. The van der Waals surface area contributed by atoms with E-state index in [9.17, 15) is 14.9 Å². The summed E-state index contributed by atoms with van der Waals surface area (Å²) in [6.07, 6.45) is 0. The van der Waals surface area contributed by atoms with E-state index in [1.54, 1.807) is 30.3 Å². The Morgan fingerprint density at radius 3 is 2.61 bits per heavy atom. The Balaban J connectivity index is 2.37. The summed E-state index contributed by atoms with van der Waals surface area (Å²) in [6, 6.07) is 12.5. The van der Waals surface area contributed by atoms with Crippen LogP contribution < -0.4 is 0 Å². The third-order valence-corrected chi connectivity index (χ3v) is 4.04. The monoisotopic (exact) mass is 348 g/mol. The van der Waals surface area contributed by atoms with Crippen molar-refractivity contribution in [2.75, 3.05) is 6.61 Å². The van der Waals surface area contributed by atoms with Crippen LogP contribution in [0.25, 0.3) is 0 Å². The average Bonchev–Trinajstić information content (AvgIpc) is 2.54. The molecule has 0 aliphatic carbocycles. The number of nitro benzene ring substituents is 1. The molecule has 0 saturated carbocycles. The van der Waals surface area contributed by atoms with Crippen LogP contribution in [-0.2, 0) is 4.74 Å². The van der Waals surface area contributed by atoms with Crippen molar-refractivity contribution in [1.29, 1.82) is 5.26 Å². The average molecular weight is 349 g/mol. The first-order valence-corrected chi connectivity index (χ1v) is 7.46. The number of nitrogens with zero attached hydrogens (tertiary/aromatic N) is 2. The maximum Gasteiger partial charge on any atom is 0.340 e. The Bertz CT molecular complexity index is 787. The zero-order valence-electron chi connectivity index (χ0n) is 11.6. The molecule has 0 radical (unpaired) electrons. The Morgan fingerprint density at radius 1 is 1.30 bits per heavy atom. The van der Waals surface area contributed by atoms with Crippen LogP contribution in [0.2, 0.25) is 5.02 Å². The number of nitriles is 1. The fourth-order valence-corrected chi connectivity index (χ4v) is 2.73. The van der Waals surface area contributed by atoms with Gasteiger partial charge in [0, 0.05) is 26.9 Å². The SMILES string of the molecule is N#CCOC(=O)c1cc([N+](=O)[O-])ccc1Sc1ccc(Cl)cc1. The summed E-state index contributed by atoms with van der Waals surface area (Å²) in [4.78, 5) is 23.6. The summed E-state index contributed by atoms with van der Waals surface area (Å²) in [5, 5.41) is 19.9. The summed E-state index contributed by atoms with van der Waals surface area (Å²) in [7, 11) is 0. The zero-order chi connectivity index (χ0) is 16.8. The number of rotatable bonds is 5. The summed E-state index contributed by atoms with van der Waals surface area (Å²) < 4.78 is 4.75. The molecule has 0 saturated heterocycles. The lowest BCUT2D eigenvalue weighted by molar-refractivity contribution is -0.384. The second kappa shape index (κ2) is 7.63. The Morgan fingerprint density at radius 2 is 2.00 bits per heavy atom. The van der Waals surface area contributed by atoms with Gasteiger partial charge in [-0.2, -0.15) is 5.26 Å². The highest BCUT2D eigenvalue weighted by Gasteiger charge is 2.18. The lowest BCUT2D eigenvalue weighted by atomic mass is 10.2. The molecular weight excluding hydrogens is 340 g/mol. The van der Waals surface area contributed by atoms with Crippen LogP contribution in [0.1, 0.15) is 10.4 Å². The van der Waals surface area contributed by atoms with Crippen LogP contribution in [0.3, 0.4) is 0 Å². The molecule has 2 aromatic rings. The quantitative estimate of drug-likeness (QED) is 0.459. The zero-order valence-corrected chi connectivity index (χ0v) is 13.1. The van der Waals surface area contributed by atoms with Gasteiger partial charge < -0.3 is 4.74 Å². The van der Waals surface area contributed by atoms with Gasteiger partial charge in [-0.25, -0.2) is 4.79 Å². The summed E-state index contributed by atoms with van der Waals surface area (Å²) >= 11 is 7.06. The third-order valence-electron chi connectivity index (χ3n) is 2.70. The molecule has 0 atom stereocenters. The molecular formula is C15H9ClN2O4S. The van der Waals surface area contributed by atoms with Crippen molar-refractivity contribution < 1.29 is 14.5 Å². The van der Waals surface area contributed by atoms with Crippen LogP contribution in [0, 0.1) is 21.4 Å². The second-order valence-electron chi connectivity index (χ2n) is 4.23. The van der Waals surface area contributed by atoms with Crippen LogP contribution >= 0.6 is 23.4 Å². The van der Waals surface area contributed by atoms with E-state index in [0.717, 1.165) is 11.0 Å². The van der Waals surface area contributed by atoms with Gasteiger partial charge in [-0.15, -0.1) is 0 Å². The molecule has 2 aromatic carbocycles. The first kappa shape index (κ1) is 16.8. The van der Waals surface area contributed by atoms with Gasteiger partial charge >= 0.3 is 5.97 Å². The Labute approximate surface area is 140 Å². The topological polar surface area (TPSA) is 93.2 Å². The van der Waals surface area contributed by atoms with E-state index < -0.39 is 17.5 Å². The normalized spacial score (nSPS) is 9.91. The van der Waals surface area contributed by atoms with E-state index in [-0.39, 0.29) is 11.3 Å². The number of nitro groups is 1. The molecule has 6 nitrogen and oxygen atoms in total. The summed E-state index contributed by atoms with van der Waals surface area (Å²) in [5.74, 6) is -0.785. The molecule has 8 heteroatoms. The minimum absolute atomic E-state index is 0.0365. The van der Waals surface area contributed by atoms with Crippen molar-refractivity contribution in [3.63, 3.8) is 0 Å². The first-order valence-electron chi connectivity index (χ1n) is 6.27. The molecule has 116 valence electrons. The van der Waals surface area contributed by atoms with Gasteiger partial charge in [-0.05, 0) is 30.3 Å². The molecule has 0 heterocycles. The van der Waals surface area contributed by atoms with Gasteiger partial charge in [0.2, 0.25) is 0 Å². The van der Waals surface area contributed by atoms with Crippen molar-refractivity contribution in [2.24, 2.45) is 0 Å². The molecule has 0 unspecified atom stereocenters. The fourth-order valence-electron chi connectivity index (χ4n) is 1.69. The van der Waals surface area contributed by atoms with Crippen LogP contribution in [0.5, 0.6) is 0 Å². The van der Waals surface area contributed by atoms with E-state index in [1.165, 1.54) is 23.9 Å². The van der Waals surface area contributed by atoms with Gasteiger partial charge in [0.15, 0.2) is 6.61 Å². The van der Waals surface area contributed by atoms with Gasteiger partial charge in [-0.1, -0.05) is 23.4 Å².